The van der Waals surface area contributed by atoms with Crippen molar-refractivity contribution < 1.29 is 19.0 Å². The summed E-state index contributed by atoms with van der Waals surface area (Å²) in [6.07, 6.45) is 1.79. The lowest BCUT2D eigenvalue weighted by atomic mass is 10.0. The Balaban J connectivity index is 2.20. The molecule has 0 amide bonds. The van der Waals surface area contributed by atoms with E-state index in [0.717, 1.165) is 23.4 Å². The van der Waals surface area contributed by atoms with Gasteiger partial charge >= 0.3 is 5.97 Å². The van der Waals surface area contributed by atoms with Crippen LogP contribution in [0.2, 0.25) is 0 Å². The number of nitrogens with zero attached hydrogens (tertiary/aromatic N) is 2. The van der Waals surface area contributed by atoms with Gasteiger partial charge in [-0.3, -0.25) is 0 Å². The van der Waals surface area contributed by atoms with E-state index in [1.807, 2.05) is 44.0 Å². The van der Waals surface area contributed by atoms with Gasteiger partial charge in [0.05, 0.1) is 37.4 Å². The van der Waals surface area contributed by atoms with E-state index in [4.69, 9.17) is 14.2 Å². The van der Waals surface area contributed by atoms with Crippen LogP contribution in [0.4, 0.5) is 5.69 Å². The number of methoxy groups -OCH3 is 2. The van der Waals surface area contributed by atoms with E-state index in [-0.39, 0.29) is 6.61 Å². The van der Waals surface area contributed by atoms with Crippen LogP contribution >= 0.6 is 0 Å². The molecule has 2 aromatic rings. The number of hydrogen-bond donors (Lipinski definition) is 0. The molecule has 6 nitrogen and oxygen atoms in total. The third kappa shape index (κ3) is 5.03. The Bertz CT molecular complexity index is 840. The predicted molar refractivity (Wildman–Crippen MR) is 111 cm³/mol. The molecule has 150 valence electrons. The molecular weight excluding hydrogens is 356 g/mol. The summed E-state index contributed by atoms with van der Waals surface area (Å²) in [5.41, 5.74) is 3.77. The predicted octanol–water partition coefficient (Wildman–Crippen LogP) is 4.29. The molecule has 0 spiro atoms. The fourth-order valence-corrected chi connectivity index (χ4v) is 2.69. The number of carbonyl (C=O) groups excluding carboxylic acids is 1. The van der Waals surface area contributed by atoms with Crippen LogP contribution in [0, 0.1) is 13.8 Å². The monoisotopic (exact) mass is 384 g/mol. The number of benzene rings is 2. The fraction of sp³-hybridized carbons (Fsp3) is 0.364. The van der Waals surface area contributed by atoms with E-state index in [1.54, 1.807) is 32.7 Å². The molecule has 2 rings (SSSR count). The summed E-state index contributed by atoms with van der Waals surface area (Å²) >= 11 is 0. The molecule has 0 radical (unpaired) electrons. The first-order valence-corrected chi connectivity index (χ1v) is 9.13. The van der Waals surface area contributed by atoms with Crippen molar-refractivity contribution in [3.8, 4) is 11.5 Å². The fourth-order valence-electron chi connectivity index (χ4n) is 2.69. The first kappa shape index (κ1) is 21.3. The third-order valence-corrected chi connectivity index (χ3v) is 4.53. The van der Waals surface area contributed by atoms with Crippen LogP contribution in [0.25, 0.3) is 0 Å². The summed E-state index contributed by atoms with van der Waals surface area (Å²) < 4.78 is 16.2. The number of aryl methyl sites for hydroxylation is 2. The largest absolute Gasteiger partial charge is 0.496 e. The molecule has 0 bridgehead atoms. The molecule has 28 heavy (non-hydrogen) atoms. The molecule has 0 aliphatic heterocycles. The van der Waals surface area contributed by atoms with Gasteiger partial charge in [0.25, 0.3) is 0 Å². The number of esters is 1. The quantitative estimate of drug-likeness (QED) is 0.386. The lowest BCUT2D eigenvalue weighted by Gasteiger charge is -2.14. The first-order valence-electron chi connectivity index (χ1n) is 9.13. The van der Waals surface area contributed by atoms with Gasteiger partial charge in [-0.2, -0.15) is 0 Å². The minimum Gasteiger partial charge on any atom is -0.496 e. The molecule has 0 aromatic heterocycles. The second-order valence-electron chi connectivity index (χ2n) is 6.49. The SMILES string of the molecule is CCN(C)C=Nc1cc(C)c(C(=O)OCc2c(OC)cccc2OC)cc1C. The molecule has 6 heteroatoms. The minimum atomic E-state index is -0.394. The molecule has 0 saturated heterocycles. The van der Waals surface area contributed by atoms with Gasteiger partial charge in [0.2, 0.25) is 0 Å². The summed E-state index contributed by atoms with van der Waals surface area (Å²) in [6.45, 7) is 6.80. The Morgan fingerprint density at radius 3 is 2.32 bits per heavy atom. The van der Waals surface area contributed by atoms with Crippen molar-refractivity contribution in [2.24, 2.45) is 4.99 Å². The molecule has 0 aliphatic rings. The number of ether oxygens (including phenoxy) is 3. The molecule has 0 fully saturated rings. The van der Waals surface area contributed by atoms with Crippen LogP contribution in [-0.4, -0.2) is 45.0 Å². The number of rotatable bonds is 8. The molecule has 0 saturated carbocycles. The summed E-state index contributed by atoms with van der Waals surface area (Å²) in [4.78, 5) is 19.1. The zero-order valence-electron chi connectivity index (χ0n) is 17.4. The average molecular weight is 384 g/mol. The average Bonchev–Trinajstić information content (AvgIpc) is 2.71. The van der Waals surface area contributed by atoms with E-state index < -0.39 is 5.97 Å². The summed E-state index contributed by atoms with van der Waals surface area (Å²) in [5.74, 6) is 0.837. The van der Waals surface area contributed by atoms with Crippen LogP contribution in [0.5, 0.6) is 11.5 Å². The highest BCUT2D eigenvalue weighted by Crippen LogP contribution is 2.30. The van der Waals surface area contributed by atoms with Crippen molar-refractivity contribution in [2.45, 2.75) is 27.4 Å². The van der Waals surface area contributed by atoms with Gasteiger partial charge in [-0.15, -0.1) is 0 Å². The normalized spacial score (nSPS) is 10.8. The smallest absolute Gasteiger partial charge is 0.338 e. The first-order chi connectivity index (χ1) is 13.4. The molecular formula is C22H28N2O4. The van der Waals surface area contributed by atoms with Gasteiger partial charge in [-0.25, -0.2) is 9.79 Å². The van der Waals surface area contributed by atoms with Gasteiger partial charge in [0.15, 0.2) is 0 Å². The number of aliphatic imine (C=N–C) groups is 1. The lowest BCUT2D eigenvalue weighted by Crippen LogP contribution is -2.14. The van der Waals surface area contributed by atoms with Gasteiger partial charge in [-0.05, 0) is 56.2 Å². The van der Waals surface area contributed by atoms with E-state index in [2.05, 4.69) is 11.9 Å². The van der Waals surface area contributed by atoms with E-state index in [0.29, 0.717) is 22.6 Å². The van der Waals surface area contributed by atoms with Crippen molar-refractivity contribution in [2.75, 3.05) is 27.8 Å². The standard InChI is InChI=1S/C22H28N2O4/c1-7-24(4)14-23-19-12-15(2)17(11-16(19)3)22(25)28-13-18-20(26-5)9-8-10-21(18)27-6/h8-12,14H,7,13H2,1-6H3. The van der Waals surface area contributed by atoms with Crippen LogP contribution in [0.3, 0.4) is 0 Å². The van der Waals surface area contributed by atoms with Crippen molar-refractivity contribution in [3.63, 3.8) is 0 Å². The van der Waals surface area contributed by atoms with Gasteiger partial charge in [0.1, 0.15) is 18.1 Å². The highest BCUT2D eigenvalue weighted by atomic mass is 16.5. The van der Waals surface area contributed by atoms with Crippen molar-refractivity contribution in [3.05, 3.63) is 52.6 Å². The molecule has 0 N–H and O–H groups in total. The van der Waals surface area contributed by atoms with Crippen LogP contribution in [0.15, 0.2) is 35.3 Å². The molecule has 0 heterocycles. The highest BCUT2D eigenvalue weighted by molar-refractivity contribution is 5.92. The maximum atomic E-state index is 12.7. The lowest BCUT2D eigenvalue weighted by molar-refractivity contribution is 0.0466. The summed E-state index contributed by atoms with van der Waals surface area (Å²) in [6, 6.07) is 9.15. The molecule has 0 aliphatic carbocycles. The van der Waals surface area contributed by atoms with Gasteiger partial charge in [-0.1, -0.05) is 6.07 Å². The van der Waals surface area contributed by atoms with E-state index in [1.165, 1.54) is 0 Å². The Kier molecular flexibility index (Phi) is 7.44. The minimum absolute atomic E-state index is 0.0612. The van der Waals surface area contributed by atoms with E-state index in [9.17, 15) is 4.79 Å². The maximum absolute atomic E-state index is 12.7. The van der Waals surface area contributed by atoms with Crippen molar-refractivity contribution in [1.82, 2.24) is 4.90 Å². The van der Waals surface area contributed by atoms with Crippen molar-refractivity contribution in [1.29, 1.82) is 0 Å². The summed E-state index contributed by atoms with van der Waals surface area (Å²) in [5, 5.41) is 0. The van der Waals surface area contributed by atoms with Crippen LogP contribution < -0.4 is 9.47 Å². The van der Waals surface area contributed by atoms with Gasteiger partial charge < -0.3 is 19.1 Å². The molecule has 0 unspecified atom stereocenters. The van der Waals surface area contributed by atoms with Crippen LogP contribution in [0.1, 0.15) is 34.0 Å². The summed E-state index contributed by atoms with van der Waals surface area (Å²) in [7, 11) is 5.11. The Morgan fingerprint density at radius 1 is 1.11 bits per heavy atom. The second kappa shape index (κ2) is 9.78. The Labute approximate surface area is 166 Å². The Morgan fingerprint density at radius 2 is 1.75 bits per heavy atom. The zero-order chi connectivity index (χ0) is 20.7. The second-order valence-corrected chi connectivity index (χ2v) is 6.49. The highest BCUT2D eigenvalue weighted by Gasteiger charge is 2.16. The maximum Gasteiger partial charge on any atom is 0.338 e. The number of hydrogen-bond acceptors (Lipinski definition) is 5. The van der Waals surface area contributed by atoms with Gasteiger partial charge in [0, 0.05) is 13.6 Å². The molecule has 0 atom stereocenters. The third-order valence-electron chi connectivity index (χ3n) is 4.53. The topological polar surface area (TPSA) is 60.4 Å². The Hall–Kier alpha value is -3.02. The molecule has 2 aromatic carbocycles. The van der Waals surface area contributed by atoms with Crippen molar-refractivity contribution >= 4 is 18.0 Å². The van der Waals surface area contributed by atoms with E-state index >= 15 is 0 Å². The van der Waals surface area contributed by atoms with Crippen LogP contribution in [-0.2, 0) is 11.3 Å². The number of carbonyl (C=O) groups is 1. The zero-order valence-corrected chi connectivity index (χ0v) is 17.4.